The summed E-state index contributed by atoms with van der Waals surface area (Å²) in [4.78, 5) is 40.2. The van der Waals surface area contributed by atoms with Gasteiger partial charge in [0.25, 0.3) is 0 Å². The summed E-state index contributed by atoms with van der Waals surface area (Å²) in [5, 5.41) is 71.6. The molecule has 2 aromatic rings. The highest BCUT2D eigenvalue weighted by atomic mass is 16.5. The summed E-state index contributed by atoms with van der Waals surface area (Å²) in [6, 6.07) is 11.4. The number of carbonyl (C=O) groups is 3. The second kappa shape index (κ2) is 12.6. The molecule has 4 rings (SSSR count). The Hall–Kier alpha value is -4.82. The van der Waals surface area contributed by atoms with Gasteiger partial charge in [0.15, 0.2) is 12.6 Å². The van der Waals surface area contributed by atoms with Gasteiger partial charge in [0, 0.05) is 53.2 Å². The third-order valence-corrected chi connectivity index (χ3v) is 7.02. The summed E-state index contributed by atoms with van der Waals surface area (Å²) in [5.74, 6) is -5.11. The van der Waals surface area contributed by atoms with Crippen molar-refractivity contribution in [2.75, 3.05) is 18.4 Å². The van der Waals surface area contributed by atoms with Crippen LogP contribution < -0.4 is 10.7 Å². The fraction of sp³-hybridized carbons (Fsp3) is 0.267. The van der Waals surface area contributed by atoms with Gasteiger partial charge in [-0.15, -0.1) is 0 Å². The number of carboxylic acid groups (broad SMARTS) is 3. The average molecular weight is 595 g/mol. The minimum absolute atomic E-state index is 0.0614. The number of aliphatic hydroxyl groups is 4. The van der Waals surface area contributed by atoms with Crippen molar-refractivity contribution in [2.45, 2.75) is 26.4 Å². The molecule has 43 heavy (non-hydrogen) atoms. The van der Waals surface area contributed by atoms with E-state index in [9.17, 15) is 50.1 Å². The molecule has 13 heteroatoms. The van der Waals surface area contributed by atoms with E-state index in [-0.39, 0.29) is 74.2 Å². The number of aliphatic hydroxyl groups excluding tert-OH is 2. The number of rotatable bonds is 11. The molecule has 13 nitrogen and oxygen atoms in total. The molecule has 0 aromatic heterocycles. The zero-order chi connectivity index (χ0) is 31.6. The van der Waals surface area contributed by atoms with E-state index in [2.05, 4.69) is 10.3 Å². The minimum Gasteiger partial charge on any atom is -0.481 e. The van der Waals surface area contributed by atoms with Crippen LogP contribution in [-0.2, 0) is 4.79 Å². The summed E-state index contributed by atoms with van der Waals surface area (Å²) >= 11 is 0. The number of anilines is 1. The number of hydrogen-bond acceptors (Lipinski definition) is 10. The molecule has 0 spiro atoms. The summed E-state index contributed by atoms with van der Waals surface area (Å²) in [6.45, 7) is 2.79. The smallest absolute Gasteiger partial charge is 0.337 e. The van der Waals surface area contributed by atoms with Crippen LogP contribution in [0.1, 0.15) is 46.4 Å². The van der Waals surface area contributed by atoms with Crippen LogP contribution in [0, 0.1) is 11.8 Å². The highest BCUT2D eigenvalue weighted by Crippen LogP contribution is 2.43. The Bertz CT molecular complexity index is 1740. The normalized spacial score (nSPS) is 13.5. The fourth-order valence-corrected chi connectivity index (χ4v) is 4.52. The summed E-state index contributed by atoms with van der Waals surface area (Å²) in [5.41, 5.74) is 0.375. The average Bonchev–Trinajstić information content (AvgIpc) is 2.95. The van der Waals surface area contributed by atoms with Crippen LogP contribution in [-0.4, -0.2) is 73.0 Å². The second-order valence-corrected chi connectivity index (χ2v) is 10.2. The van der Waals surface area contributed by atoms with Crippen molar-refractivity contribution in [3.8, 4) is 22.5 Å². The number of aliphatic carboxylic acids is 1. The van der Waals surface area contributed by atoms with Crippen LogP contribution in [0.5, 0.6) is 0 Å². The molecule has 2 atom stereocenters. The maximum absolute atomic E-state index is 12.3. The third kappa shape index (κ3) is 6.49. The van der Waals surface area contributed by atoms with Gasteiger partial charge in [-0.1, -0.05) is 32.0 Å². The summed E-state index contributed by atoms with van der Waals surface area (Å²) < 4.78 is 6.15. The van der Waals surface area contributed by atoms with Gasteiger partial charge >= 0.3 is 17.9 Å². The van der Waals surface area contributed by atoms with Crippen molar-refractivity contribution in [3.63, 3.8) is 0 Å². The predicted octanol–water partition coefficient (Wildman–Crippen LogP) is 2.56. The van der Waals surface area contributed by atoms with Crippen LogP contribution in [0.4, 0.5) is 5.69 Å². The molecule has 0 saturated carbocycles. The summed E-state index contributed by atoms with van der Waals surface area (Å²) in [7, 11) is 0. The molecule has 0 fully saturated rings. The van der Waals surface area contributed by atoms with E-state index >= 15 is 0 Å². The van der Waals surface area contributed by atoms with E-state index < -0.39 is 42.3 Å². The first kappa shape index (κ1) is 31.1. The molecule has 2 unspecified atom stereocenters. The van der Waals surface area contributed by atoms with Crippen molar-refractivity contribution in [1.82, 2.24) is 0 Å². The van der Waals surface area contributed by atoms with Crippen LogP contribution in [0.3, 0.4) is 0 Å². The van der Waals surface area contributed by atoms with Crippen molar-refractivity contribution >= 4 is 34.6 Å². The number of nitrogens with zero attached hydrogens (tertiary/aromatic N) is 1. The highest BCUT2D eigenvalue weighted by molar-refractivity contribution is 6.10. The van der Waals surface area contributed by atoms with Gasteiger partial charge in [0.2, 0.25) is 0 Å². The van der Waals surface area contributed by atoms with Crippen LogP contribution >= 0.6 is 0 Å². The van der Waals surface area contributed by atoms with Crippen molar-refractivity contribution in [1.29, 1.82) is 0 Å². The molecular weight excluding hydrogens is 564 g/mol. The Morgan fingerprint density at radius 2 is 1.56 bits per heavy atom. The lowest BCUT2D eigenvalue weighted by Crippen LogP contribution is -2.22. The molecule has 8 N–H and O–H groups in total. The highest BCUT2D eigenvalue weighted by Gasteiger charge is 2.26. The van der Waals surface area contributed by atoms with E-state index in [1.54, 1.807) is 6.07 Å². The molecule has 2 aromatic carbocycles. The monoisotopic (exact) mass is 594 g/mol. The number of benzene rings is 3. The van der Waals surface area contributed by atoms with Crippen molar-refractivity contribution in [3.05, 3.63) is 70.6 Å². The first-order valence-corrected chi connectivity index (χ1v) is 13.1. The molecule has 1 aliphatic carbocycles. The van der Waals surface area contributed by atoms with Crippen LogP contribution in [0.15, 0.2) is 57.9 Å². The van der Waals surface area contributed by atoms with E-state index in [0.29, 0.717) is 0 Å². The van der Waals surface area contributed by atoms with Crippen LogP contribution in [0.25, 0.3) is 33.4 Å². The Labute approximate surface area is 244 Å². The molecule has 0 bridgehead atoms. The SMILES string of the molecule is CC(CNc1cc2oc3cc(=NCC(C)C(O)O)c(C(O)O)cc-3c(-c3ccccc3C(=O)O)c2cc1C(=O)O)C(=O)O. The largest absolute Gasteiger partial charge is 0.481 e. The maximum Gasteiger partial charge on any atom is 0.337 e. The Morgan fingerprint density at radius 1 is 0.884 bits per heavy atom. The molecular formula is C30H30N2O11. The lowest BCUT2D eigenvalue weighted by atomic mass is 9.89. The standard InChI is InChI=1S/C30H30N2O11/c1-13(26(33)34)11-31-21-9-23-19(7-17(21)29(39)40)25(15-5-3-4-6-16(15)28(37)38)20-8-18(30(41)42)22(10-24(20)43-23)32-12-14(2)27(35)36/h3-10,13-14,26,29,32-34,39-40H,11-12H2,1-2H3,(H,35,36)(H,37,38)(H,41,42). The van der Waals surface area contributed by atoms with E-state index in [1.165, 1.54) is 56.3 Å². The number of carboxylic acids is 3. The van der Waals surface area contributed by atoms with Gasteiger partial charge in [-0.2, -0.15) is 0 Å². The van der Waals surface area contributed by atoms with Gasteiger partial charge in [-0.25, -0.2) is 9.59 Å². The minimum atomic E-state index is -2.03. The number of hydrogen-bond donors (Lipinski definition) is 8. The first-order chi connectivity index (χ1) is 20.3. The molecule has 0 radical (unpaired) electrons. The lowest BCUT2D eigenvalue weighted by Gasteiger charge is -2.20. The first-order valence-electron chi connectivity index (χ1n) is 13.1. The molecule has 1 aliphatic heterocycles. The molecule has 1 heterocycles. The lowest BCUT2D eigenvalue weighted by molar-refractivity contribution is -0.140. The molecule has 226 valence electrons. The van der Waals surface area contributed by atoms with Gasteiger partial charge in [0.1, 0.15) is 11.3 Å². The zero-order valence-electron chi connectivity index (χ0n) is 23.1. The number of aromatic carboxylic acids is 2. The molecule has 0 amide bonds. The van der Waals surface area contributed by atoms with Crippen molar-refractivity contribution < 1.29 is 54.5 Å². The molecule has 0 saturated heterocycles. The Kier molecular flexibility index (Phi) is 9.11. The topological polar surface area (TPSA) is 230 Å². The van der Waals surface area contributed by atoms with Gasteiger partial charge in [0.05, 0.1) is 28.1 Å². The van der Waals surface area contributed by atoms with Gasteiger partial charge < -0.3 is 45.5 Å². The Morgan fingerprint density at radius 3 is 2.16 bits per heavy atom. The quantitative estimate of drug-likeness (QED) is 0.0925. The molecule has 2 aliphatic rings. The third-order valence-electron chi connectivity index (χ3n) is 7.02. The van der Waals surface area contributed by atoms with Gasteiger partial charge in [-0.3, -0.25) is 9.79 Å². The fourth-order valence-electron chi connectivity index (χ4n) is 4.52. The van der Waals surface area contributed by atoms with Crippen molar-refractivity contribution in [2.24, 2.45) is 16.8 Å². The second-order valence-electron chi connectivity index (χ2n) is 10.2. The van der Waals surface area contributed by atoms with E-state index in [4.69, 9.17) is 4.42 Å². The number of fused-ring (bicyclic) bond motifs is 2. The van der Waals surface area contributed by atoms with E-state index in [1.807, 2.05) is 0 Å². The zero-order valence-corrected chi connectivity index (χ0v) is 23.1. The Balaban J connectivity index is 2.12. The summed E-state index contributed by atoms with van der Waals surface area (Å²) in [6.07, 6.45) is -3.70. The maximum atomic E-state index is 12.3. The predicted molar refractivity (Wildman–Crippen MR) is 152 cm³/mol. The number of nitrogens with one attached hydrogen (secondary N) is 1. The van der Waals surface area contributed by atoms with Gasteiger partial charge in [-0.05, 0) is 23.8 Å². The van der Waals surface area contributed by atoms with E-state index in [0.717, 1.165) is 0 Å². The van der Waals surface area contributed by atoms with Crippen LogP contribution in [0.2, 0.25) is 0 Å².